The summed E-state index contributed by atoms with van der Waals surface area (Å²) in [5, 5.41) is 3.56. The van der Waals surface area contributed by atoms with Crippen LogP contribution in [0.2, 0.25) is 0 Å². The Morgan fingerprint density at radius 1 is 0.268 bits per heavy atom. The minimum absolute atomic E-state index is 0.690. The maximum atomic E-state index is 5.16. The van der Waals surface area contributed by atoms with E-state index in [4.69, 9.17) is 15.0 Å². The first kappa shape index (κ1) is 33.1. The van der Waals surface area contributed by atoms with E-state index in [-0.39, 0.29) is 0 Å². The Bertz CT molecular complexity index is 2990. The SMILES string of the molecule is c1ccc(-c2cccc(-c3cc(-c4ccccc4)nc(-c4ccc(-c5cccc(-c6cc(-c7ccccc7)nc7ccc8ccccc8c67)c5)cc4)n3)c2)cc1. The van der Waals surface area contributed by atoms with Crippen molar-refractivity contribution in [3.8, 4) is 78.5 Å². The summed E-state index contributed by atoms with van der Waals surface area (Å²) in [7, 11) is 0. The van der Waals surface area contributed by atoms with Gasteiger partial charge in [-0.3, -0.25) is 0 Å². The molecule has 0 N–H and O–H groups in total. The minimum atomic E-state index is 0.690. The molecule has 56 heavy (non-hydrogen) atoms. The molecule has 0 aliphatic heterocycles. The molecule has 8 aromatic carbocycles. The Morgan fingerprint density at radius 2 is 0.750 bits per heavy atom. The topological polar surface area (TPSA) is 38.7 Å². The van der Waals surface area contributed by atoms with Crippen LogP contribution in [0.4, 0.5) is 0 Å². The van der Waals surface area contributed by atoms with E-state index in [1.165, 1.54) is 21.9 Å². The second-order valence-corrected chi connectivity index (χ2v) is 14.0. The van der Waals surface area contributed by atoms with Crippen LogP contribution in [0.5, 0.6) is 0 Å². The van der Waals surface area contributed by atoms with E-state index in [1.54, 1.807) is 0 Å². The Morgan fingerprint density at radius 3 is 1.43 bits per heavy atom. The molecule has 0 radical (unpaired) electrons. The van der Waals surface area contributed by atoms with Crippen LogP contribution in [0.15, 0.2) is 212 Å². The molecule has 0 aliphatic rings. The molecule has 0 saturated carbocycles. The van der Waals surface area contributed by atoms with Gasteiger partial charge in [-0.15, -0.1) is 0 Å². The highest BCUT2D eigenvalue weighted by Crippen LogP contribution is 2.38. The summed E-state index contributed by atoms with van der Waals surface area (Å²) in [4.78, 5) is 15.4. The van der Waals surface area contributed by atoms with Gasteiger partial charge in [-0.25, -0.2) is 15.0 Å². The number of rotatable bonds is 7. The summed E-state index contributed by atoms with van der Waals surface area (Å²) in [6.45, 7) is 0. The van der Waals surface area contributed by atoms with Crippen LogP contribution in [0.3, 0.4) is 0 Å². The van der Waals surface area contributed by atoms with E-state index >= 15 is 0 Å². The Labute approximate surface area is 326 Å². The molecule has 2 heterocycles. The van der Waals surface area contributed by atoms with Gasteiger partial charge in [0.25, 0.3) is 0 Å². The zero-order valence-electron chi connectivity index (χ0n) is 30.5. The van der Waals surface area contributed by atoms with Crippen molar-refractivity contribution >= 4 is 21.7 Å². The number of hydrogen-bond acceptors (Lipinski definition) is 3. The molecule has 0 unspecified atom stereocenters. The van der Waals surface area contributed by atoms with Gasteiger partial charge < -0.3 is 0 Å². The lowest BCUT2D eigenvalue weighted by Crippen LogP contribution is -1.96. The van der Waals surface area contributed by atoms with E-state index in [9.17, 15) is 0 Å². The highest BCUT2D eigenvalue weighted by molar-refractivity contribution is 6.14. The molecule has 0 atom stereocenters. The standard InChI is InChI=1S/C53H35N3/c1-4-14-36(15-5-1)43-22-13-24-45(33-43)51-35-50(40-19-8-3-9-20-40)55-53(56-51)41-28-26-37(27-29-41)42-21-12-23-44(32-42)47-34-49(39-17-6-2-7-18-39)54-48-31-30-38-16-10-11-25-46(38)52(47)48/h1-35H. The van der Waals surface area contributed by atoms with Crippen LogP contribution in [0.1, 0.15) is 0 Å². The van der Waals surface area contributed by atoms with Crippen LogP contribution in [-0.4, -0.2) is 15.0 Å². The summed E-state index contributed by atoms with van der Waals surface area (Å²) in [6.07, 6.45) is 0. The predicted octanol–water partition coefficient (Wildman–Crippen LogP) is 13.8. The largest absolute Gasteiger partial charge is 0.248 e. The average Bonchev–Trinajstić information content (AvgIpc) is 3.29. The van der Waals surface area contributed by atoms with Gasteiger partial charge in [-0.2, -0.15) is 0 Å². The summed E-state index contributed by atoms with van der Waals surface area (Å²) in [5.74, 6) is 0.690. The summed E-state index contributed by atoms with van der Waals surface area (Å²) in [5.41, 5.74) is 14.8. The molecule has 0 bridgehead atoms. The average molecular weight is 714 g/mol. The van der Waals surface area contributed by atoms with Gasteiger partial charge >= 0.3 is 0 Å². The van der Waals surface area contributed by atoms with Crippen molar-refractivity contribution in [1.82, 2.24) is 15.0 Å². The van der Waals surface area contributed by atoms with Crippen molar-refractivity contribution in [1.29, 1.82) is 0 Å². The molecule has 3 nitrogen and oxygen atoms in total. The lowest BCUT2D eigenvalue weighted by molar-refractivity contribution is 1.18. The molecule has 2 aromatic heterocycles. The fourth-order valence-electron chi connectivity index (χ4n) is 7.64. The van der Waals surface area contributed by atoms with E-state index < -0.39 is 0 Å². The lowest BCUT2D eigenvalue weighted by atomic mass is 9.92. The van der Waals surface area contributed by atoms with Crippen molar-refractivity contribution in [3.05, 3.63) is 212 Å². The zero-order chi connectivity index (χ0) is 37.3. The van der Waals surface area contributed by atoms with Crippen molar-refractivity contribution in [2.45, 2.75) is 0 Å². The predicted molar refractivity (Wildman–Crippen MR) is 233 cm³/mol. The Balaban J connectivity index is 1.05. The molecule has 0 amide bonds. The second kappa shape index (κ2) is 14.4. The van der Waals surface area contributed by atoms with Crippen molar-refractivity contribution in [2.75, 3.05) is 0 Å². The quantitative estimate of drug-likeness (QED) is 0.154. The third kappa shape index (κ3) is 6.42. The first-order valence-electron chi connectivity index (χ1n) is 18.9. The lowest BCUT2D eigenvalue weighted by Gasteiger charge is -2.14. The fraction of sp³-hybridized carbons (Fsp3) is 0. The van der Waals surface area contributed by atoms with Crippen LogP contribution < -0.4 is 0 Å². The van der Waals surface area contributed by atoms with Crippen LogP contribution in [0, 0.1) is 0 Å². The molecule has 10 rings (SSSR count). The molecular formula is C53H35N3. The van der Waals surface area contributed by atoms with Crippen molar-refractivity contribution in [3.63, 3.8) is 0 Å². The third-order valence-corrected chi connectivity index (χ3v) is 10.5. The van der Waals surface area contributed by atoms with E-state index in [0.29, 0.717) is 5.82 Å². The van der Waals surface area contributed by atoms with Crippen molar-refractivity contribution < 1.29 is 0 Å². The molecule has 10 aromatic rings. The minimum Gasteiger partial charge on any atom is -0.248 e. The third-order valence-electron chi connectivity index (χ3n) is 10.5. The summed E-state index contributed by atoms with van der Waals surface area (Å²) < 4.78 is 0. The first-order chi connectivity index (χ1) is 27.7. The van der Waals surface area contributed by atoms with Gasteiger partial charge in [0.1, 0.15) is 0 Å². The smallest absolute Gasteiger partial charge is 0.160 e. The highest BCUT2D eigenvalue weighted by atomic mass is 14.9. The Kier molecular flexibility index (Phi) is 8.51. The van der Waals surface area contributed by atoms with Gasteiger partial charge in [0, 0.05) is 27.6 Å². The van der Waals surface area contributed by atoms with Gasteiger partial charge in [-0.05, 0) is 74.5 Å². The van der Waals surface area contributed by atoms with Crippen molar-refractivity contribution in [2.24, 2.45) is 0 Å². The molecule has 3 heteroatoms. The van der Waals surface area contributed by atoms with Gasteiger partial charge in [-0.1, -0.05) is 182 Å². The second-order valence-electron chi connectivity index (χ2n) is 14.0. The number of aromatic nitrogens is 3. The number of nitrogens with zero attached hydrogens (tertiary/aromatic N) is 3. The molecule has 262 valence electrons. The molecule has 0 fully saturated rings. The van der Waals surface area contributed by atoms with Gasteiger partial charge in [0.15, 0.2) is 5.82 Å². The van der Waals surface area contributed by atoms with E-state index in [2.05, 4.69) is 194 Å². The maximum Gasteiger partial charge on any atom is 0.160 e. The monoisotopic (exact) mass is 713 g/mol. The van der Waals surface area contributed by atoms with Gasteiger partial charge in [0.2, 0.25) is 0 Å². The first-order valence-corrected chi connectivity index (χ1v) is 18.9. The molecular weight excluding hydrogens is 679 g/mol. The van der Waals surface area contributed by atoms with E-state index in [0.717, 1.165) is 72.5 Å². The number of benzene rings is 8. The van der Waals surface area contributed by atoms with E-state index in [1.807, 2.05) is 18.2 Å². The number of fused-ring (bicyclic) bond motifs is 3. The molecule has 0 spiro atoms. The number of hydrogen-bond donors (Lipinski definition) is 0. The number of pyridine rings is 1. The summed E-state index contributed by atoms with van der Waals surface area (Å²) >= 11 is 0. The Hall–Kier alpha value is -7.49. The maximum absolute atomic E-state index is 5.16. The van der Waals surface area contributed by atoms with Gasteiger partial charge in [0.05, 0.1) is 22.6 Å². The molecule has 0 aliphatic carbocycles. The zero-order valence-corrected chi connectivity index (χ0v) is 30.5. The fourth-order valence-corrected chi connectivity index (χ4v) is 7.64. The normalized spacial score (nSPS) is 11.2. The highest BCUT2D eigenvalue weighted by Gasteiger charge is 2.15. The van der Waals surface area contributed by atoms with Crippen LogP contribution in [-0.2, 0) is 0 Å². The molecule has 0 saturated heterocycles. The summed E-state index contributed by atoms with van der Waals surface area (Å²) in [6, 6.07) is 74.5. The van der Waals surface area contributed by atoms with Crippen LogP contribution >= 0.6 is 0 Å². The van der Waals surface area contributed by atoms with Crippen LogP contribution in [0.25, 0.3) is 100 Å².